The molecule has 0 atom stereocenters. The van der Waals surface area contributed by atoms with Gasteiger partial charge in [-0.05, 0) is 12.8 Å². The van der Waals surface area contributed by atoms with Gasteiger partial charge in [0.1, 0.15) is 0 Å². The van der Waals surface area contributed by atoms with Crippen LogP contribution < -0.4 is 29.7 Å². The minimum Gasteiger partial charge on any atom is -1.00 e. The molecule has 64 valence electrons. The smallest absolute Gasteiger partial charge is 0.0739 e. The van der Waals surface area contributed by atoms with Gasteiger partial charge in [-0.3, -0.25) is 0 Å². The van der Waals surface area contributed by atoms with Gasteiger partial charge >= 0.3 is 0 Å². The molecular weight excluding hydrogens is 237 g/mol. The topological polar surface area (TPSA) is 27.6 Å². The Morgan fingerprint density at radius 2 is 1.40 bits per heavy atom. The third kappa shape index (κ3) is 11.5. The lowest BCUT2D eigenvalue weighted by Gasteiger charge is -1.95. The molecule has 0 amide bonds. The summed E-state index contributed by atoms with van der Waals surface area (Å²) in [5.41, 5.74) is 3.80. The van der Waals surface area contributed by atoms with Crippen LogP contribution in [0.3, 0.4) is 0 Å². The monoisotopic (exact) mass is 257 g/mol. The number of quaternary nitrogens is 1. The summed E-state index contributed by atoms with van der Waals surface area (Å²) < 4.78 is 0. The molecule has 2 heteroatoms. The van der Waals surface area contributed by atoms with Gasteiger partial charge in [0.25, 0.3) is 0 Å². The highest BCUT2D eigenvalue weighted by Gasteiger charge is 1.87. The Labute approximate surface area is 81.8 Å². The summed E-state index contributed by atoms with van der Waals surface area (Å²) >= 11 is 0. The summed E-state index contributed by atoms with van der Waals surface area (Å²) in [6.07, 6.45) is 8.33. The minimum absolute atomic E-state index is 0. The first-order chi connectivity index (χ1) is 4.41. The lowest BCUT2D eigenvalue weighted by atomic mass is 10.1. The van der Waals surface area contributed by atoms with Crippen LogP contribution in [0.15, 0.2) is 0 Å². The molecule has 0 aromatic rings. The molecule has 0 bridgehead atoms. The van der Waals surface area contributed by atoms with Crippen LogP contribution in [0.1, 0.15) is 45.4 Å². The molecular formula is C8H20IN. The predicted molar refractivity (Wildman–Crippen MR) is 41.1 cm³/mol. The average molecular weight is 257 g/mol. The van der Waals surface area contributed by atoms with Crippen molar-refractivity contribution in [2.45, 2.75) is 45.4 Å². The van der Waals surface area contributed by atoms with Crippen LogP contribution in [-0.4, -0.2) is 6.54 Å². The molecule has 0 fully saturated rings. The summed E-state index contributed by atoms with van der Waals surface area (Å²) in [6, 6.07) is 0. The van der Waals surface area contributed by atoms with Crippen LogP contribution in [0.25, 0.3) is 0 Å². The Balaban J connectivity index is 0. The van der Waals surface area contributed by atoms with E-state index in [9.17, 15) is 0 Å². The molecule has 0 heterocycles. The van der Waals surface area contributed by atoms with E-state index in [0.29, 0.717) is 0 Å². The maximum Gasteiger partial charge on any atom is 0.0739 e. The molecule has 0 aliphatic carbocycles. The molecule has 1 nitrogen and oxygen atoms in total. The van der Waals surface area contributed by atoms with Gasteiger partial charge in [-0.1, -0.05) is 32.6 Å². The molecule has 3 N–H and O–H groups in total. The van der Waals surface area contributed by atoms with Crippen LogP contribution in [0.4, 0.5) is 0 Å². The molecule has 0 aliphatic rings. The van der Waals surface area contributed by atoms with E-state index in [1.807, 2.05) is 0 Å². The minimum atomic E-state index is 0. The molecule has 0 aromatic heterocycles. The number of rotatable bonds is 6. The van der Waals surface area contributed by atoms with Gasteiger partial charge in [-0.2, -0.15) is 0 Å². The zero-order chi connectivity index (χ0) is 6.95. The fourth-order valence-electron chi connectivity index (χ4n) is 0.957. The first-order valence-corrected chi connectivity index (χ1v) is 4.21. The van der Waals surface area contributed by atoms with Crippen LogP contribution in [0, 0.1) is 0 Å². The summed E-state index contributed by atoms with van der Waals surface area (Å²) in [7, 11) is 0. The predicted octanol–water partition coefficient (Wildman–Crippen LogP) is -1.41. The Kier molecular flexibility index (Phi) is 16.4. The second-order valence-corrected chi connectivity index (χ2v) is 2.62. The van der Waals surface area contributed by atoms with Gasteiger partial charge in [-0.15, -0.1) is 0 Å². The summed E-state index contributed by atoms with van der Waals surface area (Å²) in [5, 5.41) is 0. The number of hydrogen-bond donors (Lipinski definition) is 1. The maximum absolute atomic E-state index is 3.80. The van der Waals surface area contributed by atoms with Crippen molar-refractivity contribution in [1.29, 1.82) is 0 Å². The normalized spacial score (nSPS) is 9.00. The molecule has 0 aliphatic heterocycles. The standard InChI is InChI=1S/C8H19N.HI/c1-2-3-4-5-6-7-8-9;/h2-9H2,1H3;1H. The van der Waals surface area contributed by atoms with E-state index in [0.717, 1.165) is 6.54 Å². The van der Waals surface area contributed by atoms with Gasteiger partial charge in [0, 0.05) is 0 Å². The fourth-order valence-corrected chi connectivity index (χ4v) is 0.957. The molecule has 0 unspecified atom stereocenters. The Morgan fingerprint density at radius 1 is 0.900 bits per heavy atom. The van der Waals surface area contributed by atoms with Gasteiger partial charge in [0.15, 0.2) is 0 Å². The molecule has 0 saturated carbocycles. The van der Waals surface area contributed by atoms with E-state index >= 15 is 0 Å². The van der Waals surface area contributed by atoms with Crippen molar-refractivity contribution in [2.75, 3.05) is 6.54 Å². The highest BCUT2D eigenvalue weighted by molar-refractivity contribution is 4.41. The Morgan fingerprint density at radius 3 is 1.90 bits per heavy atom. The van der Waals surface area contributed by atoms with Crippen LogP contribution in [0.2, 0.25) is 0 Å². The van der Waals surface area contributed by atoms with E-state index in [2.05, 4.69) is 12.7 Å². The number of halogens is 1. The third-order valence-corrected chi connectivity index (χ3v) is 1.60. The third-order valence-electron chi connectivity index (χ3n) is 1.60. The van der Waals surface area contributed by atoms with E-state index < -0.39 is 0 Å². The van der Waals surface area contributed by atoms with Gasteiger partial charge in [0.2, 0.25) is 0 Å². The van der Waals surface area contributed by atoms with Crippen LogP contribution in [-0.2, 0) is 0 Å². The van der Waals surface area contributed by atoms with Gasteiger partial charge < -0.3 is 29.7 Å². The Hall–Kier alpha value is 0.690. The van der Waals surface area contributed by atoms with Crippen molar-refractivity contribution in [1.82, 2.24) is 0 Å². The second-order valence-electron chi connectivity index (χ2n) is 2.62. The van der Waals surface area contributed by atoms with Crippen molar-refractivity contribution >= 4 is 0 Å². The SMILES string of the molecule is CCCCCCCC[NH3+].[I-]. The zero-order valence-electron chi connectivity index (χ0n) is 7.03. The lowest BCUT2D eigenvalue weighted by molar-refractivity contribution is -0.368. The number of unbranched alkanes of at least 4 members (excludes halogenated alkanes) is 5. The number of hydrogen-bond acceptors (Lipinski definition) is 0. The zero-order valence-corrected chi connectivity index (χ0v) is 9.19. The van der Waals surface area contributed by atoms with Crippen molar-refractivity contribution in [2.24, 2.45) is 0 Å². The summed E-state index contributed by atoms with van der Waals surface area (Å²) in [4.78, 5) is 0. The van der Waals surface area contributed by atoms with Crippen molar-refractivity contribution in [3.05, 3.63) is 0 Å². The van der Waals surface area contributed by atoms with Crippen molar-refractivity contribution < 1.29 is 29.7 Å². The van der Waals surface area contributed by atoms with Crippen LogP contribution >= 0.6 is 0 Å². The molecule has 10 heavy (non-hydrogen) atoms. The van der Waals surface area contributed by atoms with Crippen molar-refractivity contribution in [3.63, 3.8) is 0 Å². The van der Waals surface area contributed by atoms with Crippen LogP contribution in [0.5, 0.6) is 0 Å². The maximum atomic E-state index is 3.80. The quantitative estimate of drug-likeness (QED) is 0.447. The molecule has 0 saturated heterocycles. The van der Waals surface area contributed by atoms with E-state index in [1.54, 1.807) is 0 Å². The second kappa shape index (κ2) is 12.4. The average Bonchev–Trinajstić information content (AvgIpc) is 1.89. The van der Waals surface area contributed by atoms with E-state index in [-0.39, 0.29) is 24.0 Å². The molecule has 0 aromatic carbocycles. The highest BCUT2D eigenvalue weighted by Crippen LogP contribution is 2.03. The van der Waals surface area contributed by atoms with E-state index in [1.165, 1.54) is 38.5 Å². The first kappa shape index (κ1) is 13.3. The van der Waals surface area contributed by atoms with E-state index in [4.69, 9.17) is 0 Å². The Bertz CT molecular complexity index is 42.5. The lowest BCUT2D eigenvalue weighted by Crippen LogP contribution is -3.00. The highest BCUT2D eigenvalue weighted by atomic mass is 127. The fraction of sp³-hybridized carbons (Fsp3) is 1.00. The molecule has 0 spiro atoms. The van der Waals surface area contributed by atoms with Gasteiger partial charge in [0.05, 0.1) is 6.54 Å². The summed E-state index contributed by atoms with van der Waals surface area (Å²) in [5.74, 6) is 0. The molecule has 0 radical (unpaired) electrons. The van der Waals surface area contributed by atoms with Crippen molar-refractivity contribution in [3.8, 4) is 0 Å². The van der Waals surface area contributed by atoms with Gasteiger partial charge in [-0.25, -0.2) is 0 Å². The largest absolute Gasteiger partial charge is 1.00 e. The first-order valence-electron chi connectivity index (χ1n) is 4.21. The summed E-state index contributed by atoms with van der Waals surface area (Å²) in [6.45, 7) is 3.37. The molecule has 0 rings (SSSR count).